The average molecular weight is 272 g/mol. The highest BCUT2D eigenvalue weighted by Gasteiger charge is 2.51. The zero-order chi connectivity index (χ0) is 15.0. The van der Waals surface area contributed by atoms with Gasteiger partial charge in [-0.3, -0.25) is 4.79 Å². The fourth-order valence-corrected chi connectivity index (χ4v) is 1.72. The summed E-state index contributed by atoms with van der Waals surface area (Å²) >= 11 is 0. The number of primary amides is 1. The van der Waals surface area contributed by atoms with Crippen LogP contribution < -0.4 is 11.2 Å². The molecule has 0 saturated carbocycles. The summed E-state index contributed by atoms with van der Waals surface area (Å²) in [5, 5.41) is 0. The Kier molecular flexibility index (Phi) is 3.59. The zero-order valence-electron chi connectivity index (χ0n) is 12.1. The molecule has 104 valence electrons. The van der Waals surface area contributed by atoms with Crippen LogP contribution in [0.15, 0.2) is 18.3 Å². The molecule has 1 fully saturated rings. The average Bonchev–Trinajstić information content (AvgIpc) is 2.56. The van der Waals surface area contributed by atoms with Gasteiger partial charge in [-0.25, -0.2) is 4.98 Å². The largest absolute Gasteiger partial charge is 0.496 e. The lowest BCUT2D eigenvalue weighted by molar-refractivity contribution is -0.112. The van der Waals surface area contributed by atoms with Gasteiger partial charge in [0.2, 0.25) is 0 Å². The molecule has 0 bridgehead atoms. The number of rotatable bonds is 1. The number of aromatic nitrogens is 1. The van der Waals surface area contributed by atoms with Gasteiger partial charge >= 0.3 is 7.12 Å². The first-order chi connectivity index (χ1) is 9.21. The van der Waals surface area contributed by atoms with Crippen LogP contribution in [0, 0.1) is 11.8 Å². The van der Waals surface area contributed by atoms with Gasteiger partial charge in [-0.05, 0) is 39.7 Å². The van der Waals surface area contributed by atoms with Gasteiger partial charge in [-0.1, -0.05) is 6.07 Å². The van der Waals surface area contributed by atoms with Crippen molar-refractivity contribution in [2.24, 2.45) is 5.73 Å². The summed E-state index contributed by atoms with van der Waals surface area (Å²) in [6.45, 7) is 7.97. The van der Waals surface area contributed by atoms with Crippen molar-refractivity contribution in [3.63, 3.8) is 0 Å². The fraction of sp³-hybridized carbons (Fsp3) is 0.429. The van der Waals surface area contributed by atoms with E-state index in [2.05, 4.69) is 16.8 Å². The maximum absolute atomic E-state index is 10.6. The highest BCUT2D eigenvalue weighted by Crippen LogP contribution is 2.36. The van der Waals surface area contributed by atoms with Crippen LogP contribution in [0.2, 0.25) is 0 Å². The molecule has 1 aliphatic rings. The Balaban J connectivity index is 2.17. The lowest BCUT2D eigenvalue weighted by atomic mass is 9.80. The molecule has 0 radical (unpaired) electrons. The minimum Gasteiger partial charge on any atom is -0.399 e. The van der Waals surface area contributed by atoms with Crippen LogP contribution >= 0.6 is 0 Å². The molecule has 1 aromatic heterocycles. The van der Waals surface area contributed by atoms with Gasteiger partial charge in [-0.15, -0.1) is 0 Å². The topological polar surface area (TPSA) is 74.4 Å². The Morgan fingerprint density at radius 3 is 2.30 bits per heavy atom. The van der Waals surface area contributed by atoms with E-state index in [1.807, 2.05) is 33.8 Å². The lowest BCUT2D eigenvalue weighted by Crippen LogP contribution is -2.41. The highest BCUT2D eigenvalue weighted by atomic mass is 16.7. The predicted molar refractivity (Wildman–Crippen MR) is 76.0 cm³/mol. The Bertz CT molecular complexity index is 569. The fourth-order valence-electron chi connectivity index (χ4n) is 1.72. The highest BCUT2D eigenvalue weighted by molar-refractivity contribution is 6.62. The van der Waals surface area contributed by atoms with Crippen molar-refractivity contribution in [2.45, 2.75) is 38.9 Å². The minimum absolute atomic E-state index is 0.387. The maximum atomic E-state index is 10.6. The van der Waals surface area contributed by atoms with Crippen molar-refractivity contribution in [1.29, 1.82) is 0 Å². The molecule has 0 aliphatic carbocycles. The molecule has 2 rings (SSSR count). The number of nitrogens with zero attached hydrogens (tertiary/aromatic N) is 1. The smallest absolute Gasteiger partial charge is 0.399 e. The van der Waals surface area contributed by atoms with Crippen molar-refractivity contribution >= 4 is 18.5 Å². The molecule has 0 unspecified atom stereocenters. The lowest BCUT2D eigenvalue weighted by Gasteiger charge is -2.32. The van der Waals surface area contributed by atoms with Crippen LogP contribution in [-0.2, 0) is 14.1 Å². The predicted octanol–water partition coefficient (Wildman–Crippen LogP) is 0.218. The van der Waals surface area contributed by atoms with Crippen LogP contribution in [0.5, 0.6) is 0 Å². The third kappa shape index (κ3) is 2.84. The maximum Gasteiger partial charge on any atom is 0.496 e. The van der Waals surface area contributed by atoms with Crippen molar-refractivity contribution in [3.05, 3.63) is 24.0 Å². The van der Waals surface area contributed by atoms with E-state index in [0.29, 0.717) is 5.69 Å². The van der Waals surface area contributed by atoms with Crippen LogP contribution in [0.3, 0.4) is 0 Å². The normalized spacial score (nSPS) is 19.3. The van der Waals surface area contributed by atoms with E-state index in [9.17, 15) is 4.79 Å². The van der Waals surface area contributed by atoms with Gasteiger partial charge < -0.3 is 15.0 Å². The summed E-state index contributed by atoms with van der Waals surface area (Å²) in [4.78, 5) is 14.7. The molecule has 20 heavy (non-hydrogen) atoms. The number of pyridine rings is 1. The van der Waals surface area contributed by atoms with Crippen molar-refractivity contribution in [1.82, 2.24) is 4.98 Å². The van der Waals surface area contributed by atoms with Crippen molar-refractivity contribution in [2.75, 3.05) is 0 Å². The van der Waals surface area contributed by atoms with Gasteiger partial charge in [0.25, 0.3) is 5.91 Å². The SMILES string of the molecule is CC1(C)OB(c2ccc(C#CC(N)=O)nc2)OC1(C)C. The Hall–Kier alpha value is -1.84. The second-order valence-corrected chi connectivity index (χ2v) is 5.68. The monoisotopic (exact) mass is 272 g/mol. The molecule has 1 amide bonds. The van der Waals surface area contributed by atoms with Gasteiger partial charge in [0.05, 0.1) is 11.2 Å². The molecule has 0 aromatic carbocycles. The molecule has 5 nitrogen and oxygen atoms in total. The van der Waals surface area contributed by atoms with E-state index < -0.39 is 13.0 Å². The van der Waals surface area contributed by atoms with E-state index >= 15 is 0 Å². The van der Waals surface area contributed by atoms with Crippen LogP contribution in [0.4, 0.5) is 0 Å². The van der Waals surface area contributed by atoms with E-state index in [4.69, 9.17) is 15.0 Å². The van der Waals surface area contributed by atoms with Gasteiger partial charge in [-0.2, -0.15) is 0 Å². The molecule has 0 spiro atoms. The van der Waals surface area contributed by atoms with E-state index in [1.165, 1.54) is 0 Å². The number of hydrogen-bond donors (Lipinski definition) is 1. The summed E-state index contributed by atoms with van der Waals surface area (Å²) in [7, 11) is -0.453. The second kappa shape index (κ2) is 4.93. The standard InChI is InChI=1S/C14H17BN2O3/c1-13(2)14(3,4)20-15(19-13)10-5-6-11(17-9-10)7-8-12(16)18/h5-6,9H,1-4H3,(H2,16,18). The van der Waals surface area contributed by atoms with Crippen LogP contribution in [-0.4, -0.2) is 29.2 Å². The zero-order valence-corrected chi connectivity index (χ0v) is 12.1. The summed E-state index contributed by atoms with van der Waals surface area (Å²) < 4.78 is 11.8. The van der Waals surface area contributed by atoms with E-state index in [-0.39, 0.29) is 11.2 Å². The van der Waals surface area contributed by atoms with E-state index in [0.717, 1.165) is 5.46 Å². The first-order valence-electron chi connectivity index (χ1n) is 6.34. The third-order valence-corrected chi connectivity index (χ3v) is 3.63. The number of amides is 1. The van der Waals surface area contributed by atoms with Gasteiger partial charge in [0.15, 0.2) is 0 Å². The van der Waals surface area contributed by atoms with E-state index in [1.54, 1.807) is 12.3 Å². The minimum atomic E-state index is -0.679. The summed E-state index contributed by atoms with van der Waals surface area (Å²) in [6.07, 6.45) is 1.63. The first-order valence-corrected chi connectivity index (χ1v) is 6.34. The van der Waals surface area contributed by atoms with Crippen LogP contribution in [0.1, 0.15) is 33.4 Å². The Morgan fingerprint density at radius 2 is 1.85 bits per heavy atom. The molecule has 0 atom stereocenters. The number of carbonyl (C=O) groups excluding carboxylic acids is 1. The van der Waals surface area contributed by atoms with Crippen molar-refractivity contribution in [3.8, 4) is 11.8 Å². The molecule has 1 aromatic rings. The van der Waals surface area contributed by atoms with Gasteiger partial charge in [0, 0.05) is 17.6 Å². The molecule has 1 saturated heterocycles. The number of carbonyl (C=O) groups is 1. The third-order valence-electron chi connectivity index (χ3n) is 3.63. The molecular formula is C14H17BN2O3. The molecule has 6 heteroatoms. The quantitative estimate of drug-likeness (QED) is 0.586. The number of hydrogen-bond acceptors (Lipinski definition) is 4. The molecule has 2 N–H and O–H groups in total. The Labute approximate surface area is 119 Å². The molecular weight excluding hydrogens is 255 g/mol. The van der Waals surface area contributed by atoms with Crippen molar-refractivity contribution < 1.29 is 14.1 Å². The molecule has 1 aliphatic heterocycles. The van der Waals surface area contributed by atoms with Gasteiger partial charge in [0.1, 0.15) is 5.69 Å². The number of nitrogens with two attached hydrogens (primary N) is 1. The summed E-state index contributed by atoms with van der Waals surface area (Å²) in [5.74, 6) is 4.14. The summed E-state index contributed by atoms with van der Waals surface area (Å²) in [6, 6.07) is 3.52. The van der Waals surface area contributed by atoms with Crippen LogP contribution in [0.25, 0.3) is 0 Å². The second-order valence-electron chi connectivity index (χ2n) is 5.68. The first kappa shape index (κ1) is 14.6. The Morgan fingerprint density at radius 1 is 1.25 bits per heavy atom. The summed E-state index contributed by atoms with van der Waals surface area (Å²) in [5.41, 5.74) is 5.46. The molecule has 2 heterocycles.